The second-order valence-corrected chi connectivity index (χ2v) is 4.54. The Morgan fingerprint density at radius 2 is 1.78 bits per heavy atom. The number of unbranched alkanes of at least 4 members (excludes halogenated alkanes) is 3. The van der Waals surface area contributed by atoms with E-state index in [1.54, 1.807) is 0 Å². The fraction of sp³-hybridized carbons (Fsp3) is 0.533. The number of nitrogens with two attached hydrogens (primary N) is 1. The molecule has 0 saturated carbocycles. The van der Waals surface area contributed by atoms with Crippen molar-refractivity contribution in [2.24, 2.45) is 5.73 Å². The van der Waals surface area contributed by atoms with Gasteiger partial charge < -0.3 is 11.1 Å². The molecule has 1 rings (SSSR count). The van der Waals surface area contributed by atoms with E-state index in [2.05, 4.69) is 17.4 Å². The van der Waals surface area contributed by atoms with E-state index in [1.807, 2.05) is 18.2 Å². The molecule has 0 spiro atoms. The van der Waals surface area contributed by atoms with Crippen LogP contribution in [0.3, 0.4) is 0 Å². The van der Waals surface area contributed by atoms with Crippen molar-refractivity contribution < 1.29 is 4.79 Å². The second-order valence-electron chi connectivity index (χ2n) is 4.54. The van der Waals surface area contributed by atoms with Crippen LogP contribution in [-0.2, 0) is 11.2 Å². The van der Waals surface area contributed by atoms with Crippen molar-refractivity contribution in [2.45, 2.75) is 38.5 Å². The lowest BCUT2D eigenvalue weighted by atomic mass is 10.1. The molecule has 0 aromatic heterocycles. The first-order chi connectivity index (χ1) is 8.83. The molecule has 0 saturated heterocycles. The summed E-state index contributed by atoms with van der Waals surface area (Å²) < 4.78 is 0. The van der Waals surface area contributed by atoms with Crippen LogP contribution in [-0.4, -0.2) is 19.0 Å². The smallest absolute Gasteiger partial charge is 0.220 e. The van der Waals surface area contributed by atoms with Gasteiger partial charge in [0.25, 0.3) is 0 Å². The van der Waals surface area contributed by atoms with Crippen LogP contribution in [0.25, 0.3) is 0 Å². The highest BCUT2D eigenvalue weighted by molar-refractivity contribution is 5.76. The zero-order chi connectivity index (χ0) is 13.1. The van der Waals surface area contributed by atoms with Crippen molar-refractivity contribution in [1.82, 2.24) is 5.32 Å². The van der Waals surface area contributed by atoms with E-state index in [9.17, 15) is 4.79 Å². The molecule has 0 bridgehead atoms. The number of carbonyl (C=O) groups excluding carboxylic acids is 1. The lowest BCUT2D eigenvalue weighted by Gasteiger charge is -2.05. The summed E-state index contributed by atoms with van der Waals surface area (Å²) in [5.41, 5.74) is 6.63. The quantitative estimate of drug-likeness (QED) is 0.659. The Hall–Kier alpha value is -1.35. The molecule has 100 valence electrons. The highest BCUT2D eigenvalue weighted by Crippen LogP contribution is 2.02. The third kappa shape index (κ3) is 7.07. The largest absolute Gasteiger partial charge is 0.356 e. The molecule has 0 aliphatic heterocycles. The summed E-state index contributed by atoms with van der Waals surface area (Å²) in [7, 11) is 0. The van der Waals surface area contributed by atoms with Gasteiger partial charge in [0.15, 0.2) is 0 Å². The molecule has 0 aliphatic carbocycles. The summed E-state index contributed by atoms with van der Waals surface area (Å²) >= 11 is 0. The minimum atomic E-state index is 0.151. The summed E-state index contributed by atoms with van der Waals surface area (Å²) in [6, 6.07) is 10.1. The van der Waals surface area contributed by atoms with Crippen LogP contribution in [0.5, 0.6) is 0 Å². The Morgan fingerprint density at radius 1 is 1.06 bits per heavy atom. The molecule has 0 fully saturated rings. The summed E-state index contributed by atoms with van der Waals surface area (Å²) in [6.45, 7) is 1.56. The van der Waals surface area contributed by atoms with Gasteiger partial charge in [-0.3, -0.25) is 4.79 Å². The van der Waals surface area contributed by atoms with E-state index in [0.717, 1.165) is 45.2 Å². The molecule has 1 amide bonds. The zero-order valence-electron chi connectivity index (χ0n) is 11.0. The molecular weight excluding hydrogens is 224 g/mol. The van der Waals surface area contributed by atoms with Gasteiger partial charge in [0, 0.05) is 13.0 Å². The first-order valence-corrected chi connectivity index (χ1v) is 6.83. The maximum Gasteiger partial charge on any atom is 0.220 e. The number of hydrogen-bond donors (Lipinski definition) is 2. The zero-order valence-corrected chi connectivity index (χ0v) is 11.0. The van der Waals surface area contributed by atoms with E-state index < -0.39 is 0 Å². The molecule has 3 nitrogen and oxygen atoms in total. The van der Waals surface area contributed by atoms with E-state index >= 15 is 0 Å². The highest BCUT2D eigenvalue weighted by atomic mass is 16.1. The summed E-state index contributed by atoms with van der Waals surface area (Å²) in [4.78, 5) is 11.6. The topological polar surface area (TPSA) is 55.1 Å². The Balaban J connectivity index is 2.01. The number of nitrogens with one attached hydrogen (secondary N) is 1. The van der Waals surface area contributed by atoms with Gasteiger partial charge in [0.05, 0.1) is 0 Å². The van der Waals surface area contributed by atoms with Gasteiger partial charge in [-0.1, -0.05) is 43.2 Å². The van der Waals surface area contributed by atoms with Crippen molar-refractivity contribution in [1.29, 1.82) is 0 Å². The average Bonchev–Trinajstić information content (AvgIpc) is 2.41. The maximum atomic E-state index is 11.6. The van der Waals surface area contributed by atoms with Crippen LogP contribution in [0.15, 0.2) is 30.3 Å². The summed E-state index contributed by atoms with van der Waals surface area (Å²) in [6.07, 6.45) is 5.85. The van der Waals surface area contributed by atoms with Crippen LogP contribution in [0, 0.1) is 0 Å². The van der Waals surface area contributed by atoms with Gasteiger partial charge in [-0.05, 0) is 31.4 Å². The van der Waals surface area contributed by atoms with Crippen LogP contribution in [0.4, 0.5) is 0 Å². The highest BCUT2D eigenvalue weighted by Gasteiger charge is 2.01. The van der Waals surface area contributed by atoms with Gasteiger partial charge in [0.1, 0.15) is 0 Å². The predicted molar refractivity (Wildman–Crippen MR) is 75.3 cm³/mol. The number of aryl methyl sites for hydroxylation is 1. The van der Waals surface area contributed by atoms with Crippen molar-refractivity contribution in [3.05, 3.63) is 35.9 Å². The first kappa shape index (κ1) is 14.7. The second kappa shape index (κ2) is 9.66. The number of carbonyl (C=O) groups is 1. The minimum Gasteiger partial charge on any atom is -0.356 e. The van der Waals surface area contributed by atoms with Crippen molar-refractivity contribution in [3.63, 3.8) is 0 Å². The lowest BCUT2D eigenvalue weighted by Crippen LogP contribution is -2.24. The third-order valence-electron chi connectivity index (χ3n) is 2.94. The molecule has 0 aliphatic rings. The Bertz CT molecular complexity index is 325. The summed E-state index contributed by atoms with van der Waals surface area (Å²) in [5, 5.41) is 2.96. The van der Waals surface area contributed by atoms with Gasteiger partial charge in [-0.2, -0.15) is 0 Å². The molecule has 0 atom stereocenters. The van der Waals surface area contributed by atoms with Crippen molar-refractivity contribution in [3.8, 4) is 0 Å². The van der Waals surface area contributed by atoms with E-state index in [1.165, 1.54) is 5.56 Å². The van der Waals surface area contributed by atoms with Crippen molar-refractivity contribution >= 4 is 5.91 Å². The van der Waals surface area contributed by atoms with Gasteiger partial charge in [0.2, 0.25) is 5.91 Å². The fourth-order valence-corrected chi connectivity index (χ4v) is 1.84. The van der Waals surface area contributed by atoms with Crippen LogP contribution >= 0.6 is 0 Å². The maximum absolute atomic E-state index is 11.6. The SMILES string of the molecule is NCCCCCCNC(=O)CCc1ccccc1. The van der Waals surface area contributed by atoms with E-state index in [4.69, 9.17) is 5.73 Å². The van der Waals surface area contributed by atoms with Gasteiger partial charge >= 0.3 is 0 Å². The molecule has 1 aromatic rings. The predicted octanol–water partition coefficient (Wildman–Crippen LogP) is 2.25. The molecule has 3 N–H and O–H groups in total. The number of benzene rings is 1. The van der Waals surface area contributed by atoms with Crippen LogP contribution in [0.1, 0.15) is 37.7 Å². The Labute approximate surface area is 110 Å². The van der Waals surface area contributed by atoms with Crippen molar-refractivity contribution in [2.75, 3.05) is 13.1 Å². The van der Waals surface area contributed by atoms with Crippen LogP contribution < -0.4 is 11.1 Å². The monoisotopic (exact) mass is 248 g/mol. The van der Waals surface area contributed by atoms with E-state index in [-0.39, 0.29) is 5.91 Å². The van der Waals surface area contributed by atoms with Gasteiger partial charge in [-0.15, -0.1) is 0 Å². The summed E-state index contributed by atoms with van der Waals surface area (Å²) in [5.74, 6) is 0.151. The number of amides is 1. The Kier molecular flexibility index (Phi) is 7.89. The lowest BCUT2D eigenvalue weighted by molar-refractivity contribution is -0.121. The van der Waals surface area contributed by atoms with Gasteiger partial charge in [-0.25, -0.2) is 0 Å². The molecule has 3 heteroatoms. The Morgan fingerprint density at radius 3 is 2.50 bits per heavy atom. The number of hydrogen-bond acceptors (Lipinski definition) is 2. The normalized spacial score (nSPS) is 10.3. The molecule has 0 unspecified atom stereocenters. The average molecular weight is 248 g/mol. The first-order valence-electron chi connectivity index (χ1n) is 6.83. The molecule has 0 heterocycles. The van der Waals surface area contributed by atoms with E-state index in [0.29, 0.717) is 6.42 Å². The number of rotatable bonds is 9. The standard InChI is InChI=1S/C15H24N2O/c16-12-6-1-2-7-13-17-15(18)11-10-14-8-4-3-5-9-14/h3-5,8-9H,1-2,6-7,10-13,16H2,(H,17,18). The fourth-order valence-electron chi connectivity index (χ4n) is 1.84. The molecule has 18 heavy (non-hydrogen) atoms. The third-order valence-corrected chi connectivity index (χ3v) is 2.94. The minimum absolute atomic E-state index is 0.151. The van der Waals surface area contributed by atoms with Crippen LogP contribution in [0.2, 0.25) is 0 Å². The molecule has 1 aromatic carbocycles. The molecule has 0 radical (unpaired) electrons. The molecular formula is C15H24N2O.